The molecule has 14 heavy (non-hydrogen) atoms. The van der Waals surface area contributed by atoms with Crippen LogP contribution >= 0.6 is 0 Å². The quantitative estimate of drug-likeness (QED) is 0.756. The maximum absolute atomic E-state index is 12.6. The number of anilines is 1. The van der Waals surface area contributed by atoms with Crippen molar-refractivity contribution in [3.63, 3.8) is 0 Å². The molecule has 0 bridgehead atoms. The van der Waals surface area contributed by atoms with E-state index in [1.165, 1.54) is 7.05 Å². The summed E-state index contributed by atoms with van der Waals surface area (Å²) in [5, 5.41) is 2.39. The Bertz CT molecular complexity index is 324. The SMILES string of the molecule is CNc1cc(F)ccc1OC(F)(F)F. The summed E-state index contributed by atoms with van der Waals surface area (Å²) in [6.45, 7) is 0. The molecule has 0 fully saturated rings. The largest absolute Gasteiger partial charge is 0.573 e. The van der Waals surface area contributed by atoms with Gasteiger partial charge in [-0.05, 0) is 12.1 Å². The first-order chi connectivity index (χ1) is 6.42. The summed E-state index contributed by atoms with van der Waals surface area (Å²) in [5.74, 6) is -1.09. The molecule has 0 heterocycles. The van der Waals surface area contributed by atoms with Gasteiger partial charge in [-0.25, -0.2) is 4.39 Å². The molecule has 0 aliphatic carbocycles. The molecule has 1 N–H and O–H groups in total. The Hall–Kier alpha value is -1.46. The summed E-state index contributed by atoms with van der Waals surface area (Å²) < 4.78 is 51.7. The van der Waals surface area contributed by atoms with Crippen LogP contribution in [0, 0.1) is 5.82 Å². The highest BCUT2D eigenvalue weighted by atomic mass is 19.4. The second-order valence-electron chi connectivity index (χ2n) is 2.44. The average molecular weight is 209 g/mol. The monoisotopic (exact) mass is 209 g/mol. The van der Waals surface area contributed by atoms with Gasteiger partial charge in [-0.15, -0.1) is 13.2 Å². The number of hydrogen-bond donors (Lipinski definition) is 1. The Morgan fingerprint density at radius 2 is 1.93 bits per heavy atom. The van der Waals surface area contributed by atoms with Gasteiger partial charge in [0.2, 0.25) is 0 Å². The van der Waals surface area contributed by atoms with E-state index in [0.717, 1.165) is 18.2 Å². The summed E-state index contributed by atoms with van der Waals surface area (Å²) in [4.78, 5) is 0. The normalized spacial score (nSPS) is 11.2. The fourth-order valence-corrected chi connectivity index (χ4v) is 0.911. The average Bonchev–Trinajstić information content (AvgIpc) is 2.06. The number of benzene rings is 1. The van der Waals surface area contributed by atoms with Crippen LogP contribution in [0.2, 0.25) is 0 Å². The van der Waals surface area contributed by atoms with Gasteiger partial charge in [0, 0.05) is 13.1 Å². The van der Waals surface area contributed by atoms with Gasteiger partial charge in [0.05, 0.1) is 5.69 Å². The van der Waals surface area contributed by atoms with E-state index >= 15 is 0 Å². The lowest BCUT2D eigenvalue weighted by atomic mass is 10.3. The molecule has 0 aromatic heterocycles. The van der Waals surface area contributed by atoms with Crippen molar-refractivity contribution in [3.8, 4) is 5.75 Å². The van der Waals surface area contributed by atoms with Crippen molar-refractivity contribution in [1.82, 2.24) is 0 Å². The molecule has 0 spiro atoms. The van der Waals surface area contributed by atoms with Crippen LogP contribution in [0.5, 0.6) is 5.75 Å². The van der Waals surface area contributed by atoms with Gasteiger partial charge in [0.1, 0.15) is 5.82 Å². The van der Waals surface area contributed by atoms with Crippen LogP contribution in [0.25, 0.3) is 0 Å². The van der Waals surface area contributed by atoms with Gasteiger partial charge in [0.15, 0.2) is 5.75 Å². The van der Waals surface area contributed by atoms with E-state index in [2.05, 4.69) is 10.1 Å². The third-order valence-electron chi connectivity index (χ3n) is 1.44. The maximum Gasteiger partial charge on any atom is 0.573 e. The molecule has 0 aliphatic rings. The summed E-state index contributed by atoms with van der Waals surface area (Å²) in [6.07, 6.45) is -4.77. The first kappa shape index (κ1) is 10.6. The zero-order valence-corrected chi connectivity index (χ0v) is 7.15. The van der Waals surface area contributed by atoms with Gasteiger partial charge in [0.25, 0.3) is 0 Å². The Labute approximate surface area is 77.5 Å². The molecule has 1 aromatic rings. The second kappa shape index (κ2) is 3.73. The number of nitrogens with one attached hydrogen (secondary N) is 1. The van der Waals surface area contributed by atoms with Crippen LogP contribution < -0.4 is 10.1 Å². The van der Waals surface area contributed by atoms with E-state index in [0.29, 0.717) is 0 Å². The number of hydrogen-bond acceptors (Lipinski definition) is 2. The van der Waals surface area contributed by atoms with Gasteiger partial charge in [-0.2, -0.15) is 0 Å². The van der Waals surface area contributed by atoms with Crippen molar-refractivity contribution in [2.75, 3.05) is 12.4 Å². The molecule has 0 atom stereocenters. The summed E-state index contributed by atoms with van der Waals surface area (Å²) >= 11 is 0. The summed E-state index contributed by atoms with van der Waals surface area (Å²) in [5.41, 5.74) is -0.0534. The molecule has 1 rings (SSSR count). The molecule has 0 amide bonds. The summed E-state index contributed by atoms with van der Waals surface area (Å²) in [7, 11) is 1.37. The van der Waals surface area contributed by atoms with E-state index in [1.54, 1.807) is 0 Å². The van der Waals surface area contributed by atoms with E-state index in [9.17, 15) is 17.6 Å². The predicted molar refractivity (Wildman–Crippen MR) is 42.6 cm³/mol. The standard InChI is InChI=1S/C8H7F4NO/c1-13-6-4-5(9)2-3-7(6)14-8(10,11)12/h2-4,13H,1H3. The molecule has 1 aromatic carbocycles. The third kappa shape index (κ3) is 2.79. The molecular weight excluding hydrogens is 202 g/mol. The predicted octanol–water partition coefficient (Wildman–Crippen LogP) is 2.77. The summed E-state index contributed by atoms with van der Waals surface area (Å²) in [6, 6.07) is 2.72. The van der Waals surface area contributed by atoms with Crippen LogP contribution in [0.4, 0.5) is 23.2 Å². The van der Waals surface area contributed by atoms with Crippen LogP contribution in [-0.4, -0.2) is 13.4 Å². The Morgan fingerprint density at radius 1 is 1.29 bits per heavy atom. The molecule has 2 nitrogen and oxygen atoms in total. The third-order valence-corrected chi connectivity index (χ3v) is 1.44. The Balaban J connectivity index is 2.97. The van der Waals surface area contributed by atoms with Gasteiger partial charge in [-0.1, -0.05) is 0 Å². The van der Waals surface area contributed by atoms with Gasteiger partial charge < -0.3 is 10.1 Å². The molecule has 6 heteroatoms. The topological polar surface area (TPSA) is 21.3 Å². The lowest BCUT2D eigenvalue weighted by Gasteiger charge is -2.12. The van der Waals surface area contributed by atoms with Crippen molar-refractivity contribution in [3.05, 3.63) is 24.0 Å². The second-order valence-corrected chi connectivity index (χ2v) is 2.44. The molecule has 0 aliphatic heterocycles. The highest BCUT2D eigenvalue weighted by molar-refractivity contribution is 5.56. The van der Waals surface area contributed by atoms with E-state index in [-0.39, 0.29) is 5.69 Å². The fourth-order valence-electron chi connectivity index (χ4n) is 0.911. The van der Waals surface area contributed by atoms with Crippen molar-refractivity contribution in [1.29, 1.82) is 0 Å². The lowest BCUT2D eigenvalue weighted by molar-refractivity contribution is -0.274. The number of alkyl halides is 3. The minimum absolute atomic E-state index is 0.0534. The van der Waals surface area contributed by atoms with Crippen molar-refractivity contribution in [2.45, 2.75) is 6.36 Å². The van der Waals surface area contributed by atoms with E-state index < -0.39 is 17.9 Å². The number of ether oxygens (including phenoxy) is 1. The van der Waals surface area contributed by atoms with Crippen molar-refractivity contribution < 1.29 is 22.3 Å². The lowest BCUT2D eigenvalue weighted by Crippen LogP contribution is -2.18. The van der Waals surface area contributed by atoms with Crippen LogP contribution in [-0.2, 0) is 0 Å². The number of halogens is 4. The van der Waals surface area contributed by atoms with Crippen LogP contribution in [0.1, 0.15) is 0 Å². The molecular formula is C8H7F4NO. The molecule has 0 unspecified atom stereocenters. The highest BCUT2D eigenvalue weighted by Gasteiger charge is 2.32. The maximum atomic E-state index is 12.6. The molecule has 0 saturated carbocycles. The minimum atomic E-state index is -4.77. The fraction of sp³-hybridized carbons (Fsp3) is 0.250. The molecule has 78 valence electrons. The smallest absolute Gasteiger partial charge is 0.404 e. The Morgan fingerprint density at radius 3 is 2.43 bits per heavy atom. The first-order valence-electron chi connectivity index (χ1n) is 3.65. The van der Waals surface area contributed by atoms with Gasteiger partial charge >= 0.3 is 6.36 Å². The highest BCUT2D eigenvalue weighted by Crippen LogP contribution is 2.30. The Kier molecular flexibility index (Phi) is 2.83. The number of rotatable bonds is 2. The van der Waals surface area contributed by atoms with Crippen molar-refractivity contribution in [2.24, 2.45) is 0 Å². The molecule has 0 radical (unpaired) electrons. The van der Waals surface area contributed by atoms with E-state index in [4.69, 9.17) is 0 Å². The van der Waals surface area contributed by atoms with E-state index in [1.807, 2.05) is 0 Å². The van der Waals surface area contributed by atoms with Crippen LogP contribution in [0.15, 0.2) is 18.2 Å². The zero-order chi connectivity index (χ0) is 10.8. The van der Waals surface area contributed by atoms with Crippen molar-refractivity contribution >= 4 is 5.69 Å². The zero-order valence-electron chi connectivity index (χ0n) is 7.15. The molecule has 0 saturated heterocycles. The van der Waals surface area contributed by atoms with Crippen LogP contribution in [0.3, 0.4) is 0 Å². The van der Waals surface area contributed by atoms with Gasteiger partial charge in [-0.3, -0.25) is 0 Å². The first-order valence-corrected chi connectivity index (χ1v) is 3.65. The minimum Gasteiger partial charge on any atom is -0.404 e.